The molecule has 0 aliphatic heterocycles. The predicted octanol–water partition coefficient (Wildman–Crippen LogP) is 0.185. The summed E-state index contributed by atoms with van der Waals surface area (Å²) in [7, 11) is 0. The lowest BCUT2D eigenvalue weighted by Gasteiger charge is -2.12. The monoisotopic (exact) mass is 171 g/mol. The van der Waals surface area contributed by atoms with E-state index in [9.17, 15) is 4.79 Å². The third-order valence-electron chi connectivity index (χ3n) is 1.91. The number of carbonyl (C=O) groups excluding carboxylic acids is 1. The predicted molar refractivity (Wildman–Crippen MR) is 47.8 cm³/mol. The average Bonchev–Trinajstić information content (AvgIpc) is 2.64. The molecule has 0 aromatic heterocycles. The zero-order valence-electron chi connectivity index (χ0n) is 7.68. The van der Waals surface area contributed by atoms with Crippen LogP contribution in [-0.4, -0.2) is 24.2 Å². The molecular weight excluding hydrogens is 154 g/mol. The second-order valence-electron chi connectivity index (χ2n) is 3.84. The zero-order valence-corrected chi connectivity index (χ0v) is 7.68. The molecule has 4 nitrogen and oxygen atoms in total. The smallest absolute Gasteiger partial charge is 0.315 e. The van der Waals surface area contributed by atoms with Gasteiger partial charge in [0.1, 0.15) is 0 Å². The first-order valence-corrected chi connectivity index (χ1v) is 4.35. The lowest BCUT2D eigenvalue weighted by molar-refractivity contribution is 0.237. The molecular formula is C8H17N3O. The van der Waals surface area contributed by atoms with Crippen LogP contribution >= 0.6 is 0 Å². The first-order chi connectivity index (χ1) is 5.52. The van der Waals surface area contributed by atoms with Crippen molar-refractivity contribution >= 4 is 6.03 Å². The Morgan fingerprint density at radius 3 is 2.58 bits per heavy atom. The molecule has 1 saturated carbocycles. The van der Waals surface area contributed by atoms with E-state index in [1.165, 1.54) is 0 Å². The number of rotatable bonds is 3. The van der Waals surface area contributed by atoms with E-state index < -0.39 is 0 Å². The molecule has 0 spiro atoms. The summed E-state index contributed by atoms with van der Waals surface area (Å²) in [5, 5.41) is 5.48. The van der Waals surface area contributed by atoms with Gasteiger partial charge in [0, 0.05) is 18.1 Å². The number of nitrogens with two attached hydrogens (primary N) is 1. The molecule has 1 rings (SSSR count). The van der Waals surface area contributed by atoms with Crippen molar-refractivity contribution in [2.45, 2.75) is 38.3 Å². The van der Waals surface area contributed by atoms with Crippen molar-refractivity contribution in [3.05, 3.63) is 0 Å². The quantitative estimate of drug-likeness (QED) is 0.567. The molecule has 4 N–H and O–H groups in total. The maximum atomic E-state index is 11.1. The largest absolute Gasteiger partial charge is 0.336 e. The van der Waals surface area contributed by atoms with Gasteiger partial charge in [-0.15, -0.1) is 0 Å². The van der Waals surface area contributed by atoms with E-state index in [0.717, 1.165) is 12.8 Å². The topological polar surface area (TPSA) is 67.2 Å². The molecule has 1 aliphatic carbocycles. The minimum Gasteiger partial charge on any atom is -0.336 e. The van der Waals surface area contributed by atoms with Crippen molar-refractivity contribution in [3.63, 3.8) is 0 Å². The van der Waals surface area contributed by atoms with Crippen LogP contribution in [0.25, 0.3) is 0 Å². The van der Waals surface area contributed by atoms with Gasteiger partial charge in [-0.3, -0.25) is 0 Å². The zero-order chi connectivity index (χ0) is 9.19. The van der Waals surface area contributed by atoms with E-state index in [4.69, 9.17) is 5.73 Å². The Balaban J connectivity index is 2.10. The number of hydrogen-bond donors (Lipinski definition) is 3. The highest BCUT2D eigenvalue weighted by Gasteiger charge is 2.38. The molecule has 2 amide bonds. The van der Waals surface area contributed by atoms with Gasteiger partial charge in [-0.2, -0.15) is 0 Å². The van der Waals surface area contributed by atoms with Crippen LogP contribution in [0.15, 0.2) is 0 Å². The van der Waals surface area contributed by atoms with Gasteiger partial charge in [0.15, 0.2) is 0 Å². The van der Waals surface area contributed by atoms with Gasteiger partial charge in [0.25, 0.3) is 0 Å². The average molecular weight is 171 g/mol. The fourth-order valence-corrected chi connectivity index (χ4v) is 0.907. The highest BCUT2D eigenvalue weighted by molar-refractivity contribution is 5.74. The molecule has 0 aromatic carbocycles. The van der Waals surface area contributed by atoms with E-state index in [1.54, 1.807) is 0 Å². The minimum atomic E-state index is -0.123. The maximum absolute atomic E-state index is 11.1. The summed E-state index contributed by atoms with van der Waals surface area (Å²) in [5.74, 6) is 0. The molecule has 1 fully saturated rings. The molecule has 0 atom stereocenters. The Hall–Kier alpha value is -0.770. The van der Waals surface area contributed by atoms with Crippen LogP contribution in [0, 0.1) is 0 Å². The van der Waals surface area contributed by atoms with Crippen LogP contribution in [0.3, 0.4) is 0 Å². The van der Waals surface area contributed by atoms with Crippen molar-refractivity contribution in [2.75, 3.05) is 6.54 Å². The van der Waals surface area contributed by atoms with Gasteiger partial charge in [0.2, 0.25) is 0 Å². The Morgan fingerprint density at radius 2 is 2.17 bits per heavy atom. The van der Waals surface area contributed by atoms with Crippen LogP contribution < -0.4 is 16.4 Å². The fraction of sp³-hybridized carbons (Fsp3) is 0.875. The SMILES string of the molecule is CC(C)NC(=O)NCC1(N)CC1. The van der Waals surface area contributed by atoms with Crippen LogP contribution in [-0.2, 0) is 0 Å². The minimum absolute atomic E-state index is 0.103. The molecule has 0 bridgehead atoms. The third kappa shape index (κ3) is 3.09. The van der Waals surface area contributed by atoms with E-state index in [2.05, 4.69) is 10.6 Å². The normalized spacial score (nSPS) is 19.0. The Bertz CT molecular complexity index is 175. The summed E-state index contributed by atoms with van der Waals surface area (Å²) in [6.07, 6.45) is 2.05. The lowest BCUT2D eigenvalue weighted by Crippen LogP contribution is -2.45. The van der Waals surface area contributed by atoms with Gasteiger partial charge in [0.05, 0.1) is 0 Å². The van der Waals surface area contributed by atoms with E-state index in [-0.39, 0.29) is 17.6 Å². The van der Waals surface area contributed by atoms with Gasteiger partial charge < -0.3 is 16.4 Å². The maximum Gasteiger partial charge on any atom is 0.315 e. The number of urea groups is 1. The highest BCUT2D eigenvalue weighted by Crippen LogP contribution is 2.30. The first-order valence-electron chi connectivity index (χ1n) is 4.35. The van der Waals surface area contributed by atoms with Gasteiger partial charge in [-0.05, 0) is 26.7 Å². The summed E-state index contributed by atoms with van der Waals surface area (Å²) in [4.78, 5) is 11.1. The Labute approximate surface area is 72.9 Å². The summed E-state index contributed by atoms with van der Waals surface area (Å²) in [6, 6.07) is 0.0552. The van der Waals surface area contributed by atoms with Crippen LogP contribution in [0.5, 0.6) is 0 Å². The molecule has 0 heterocycles. The van der Waals surface area contributed by atoms with Crippen molar-refractivity contribution in [1.82, 2.24) is 10.6 Å². The van der Waals surface area contributed by atoms with Crippen LogP contribution in [0.2, 0.25) is 0 Å². The first kappa shape index (κ1) is 9.32. The van der Waals surface area contributed by atoms with E-state index in [1.807, 2.05) is 13.8 Å². The van der Waals surface area contributed by atoms with Crippen molar-refractivity contribution < 1.29 is 4.79 Å². The Morgan fingerprint density at radius 1 is 1.58 bits per heavy atom. The van der Waals surface area contributed by atoms with Gasteiger partial charge >= 0.3 is 6.03 Å². The number of amides is 2. The third-order valence-corrected chi connectivity index (χ3v) is 1.91. The number of carbonyl (C=O) groups is 1. The molecule has 0 unspecified atom stereocenters. The molecule has 70 valence electrons. The summed E-state index contributed by atoms with van der Waals surface area (Å²) < 4.78 is 0. The highest BCUT2D eigenvalue weighted by atomic mass is 16.2. The molecule has 4 heteroatoms. The standard InChI is InChI=1S/C8H17N3O/c1-6(2)11-7(12)10-5-8(9)3-4-8/h6H,3-5,9H2,1-2H3,(H2,10,11,12). The number of hydrogen-bond acceptors (Lipinski definition) is 2. The molecule has 0 saturated heterocycles. The number of nitrogens with one attached hydrogen (secondary N) is 2. The van der Waals surface area contributed by atoms with Crippen LogP contribution in [0.1, 0.15) is 26.7 Å². The Kier molecular flexibility index (Phi) is 2.57. The van der Waals surface area contributed by atoms with E-state index >= 15 is 0 Å². The lowest BCUT2D eigenvalue weighted by atomic mass is 10.3. The van der Waals surface area contributed by atoms with Crippen LogP contribution in [0.4, 0.5) is 4.79 Å². The molecule has 0 aromatic rings. The van der Waals surface area contributed by atoms with Gasteiger partial charge in [-0.25, -0.2) is 4.79 Å². The van der Waals surface area contributed by atoms with Crippen molar-refractivity contribution in [2.24, 2.45) is 5.73 Å². The fourth-order valence-electron chi connectivity index (χ4n) is 0.907. The van der Waals surface area contributed by atoms with Crippen molar-refractivity contribution in [1.29, 1.82) is 0 Å². The molecule has 1 aliphatic rings. The molecule has 0 radical (unpaired) electrons. The second-order valence-corrected chi connectivity index (χ2v) is 3.84. The van der Waals surface area contributed by atoms with Gasteiger partial charge in [-0.1, -0.05) is 0 Å². The summed E-state index contributed by atoms with van der Waals surface area (Å²) in [6.45, 7) is 4.44. The van der Waals surface area contributed by atoms with E-state index in [0.29, 0.717) is 6.54 Å². The second kappa shape index (κ2) is 3.31. The molecule has 12 heavy (non-hydrogen) atoms. The summed E-state index contributed by atoms with van der Waals surface area (Å²) >= 11 is 0. The van der Waals surface area contributed by atoms with Crippen molar-refractivity contribution in [3.8, 4) is 0 Å². The summed E-state index contributed by atoms with van der Waals surface area (Å²) in [5.41, 5.74) is 5.68.